The van der Waals surface area contributed by atoms with Crippen LogP contribution in [0, 0.1) is 0 Å². The first-order valence-electron chi connectivity index (χ1n) is 7.36. The van der Waals surface area contributed by atoms with Gasteiger partial charge in [-0.2, -0.15) is 0 Å². The summed E-state index contributed by atoms with van der Waals surface area (Å²) in [5.74, 6) is 0. The zero-order chi connectivity index (χ0) is 14.5. The molecule has 1 aliphatic rings. The fourth-order valence-electron chi connectivity index (χ4n) is 2.67. The zero-order valence-corrected chi connectivity index (χ0v) is 12.3. The summed E-state index contributed by atoms with van der Waals surface area (Å²) in [4.78, 5) is 7.66. The lowest BCUT2D eigenvalue weighted by atomic mass is 10.00. The van der Waals surface area contributed by atoms with Crippen LogP contribution in [0.15, 0.2) is 53.7 Å². The molecule has 3 heteroatoms. The molecule has 0 saturated heterocycles. The van der Waals surface area contributed by atoms with Crippen LogP contribution in [0.25, 0.3) is 0 Å². The summed E-state index contributed by atoms with van der Waals surface area (Å²) in [6, 6.07) is 16.5. The number of hydrogen-bond donors (Lipinski definition) is 0. The topological polar surface area (TPSA) is 24.8 Å². The highest BCUT2D eigenvalue weighted by molar-refractivity contribution is 5.81. The molecule has 0 fully saturated rings. The number of hydrogen-bond acceptors (Lipinski definition) is 3. The summed E-state index contributed by atoms with van der Waals surface area (Å²) in [7, 11) is 2.15. The Balaban J connectivity index is 1.61. The van der Waals surface area contributed by atoms with Crippen molar-refractivity contribution < 1.29 is 4.84 Å². The molecular formula is C18H20N2O. The van der Waals surface area contributed by atoms with E-state index in [0.29, 0.717) is 6.61 Å². The van der Waals surface area contributed by atoms with Gasteiger partial charge >= 0.3 is 0 Å². The lowest BCUT2D eigenvalue weighted by Crippen LogP contribution is -2.24. The maximum Gasteiger partial charge on any atom is 0.142 e. The van der Waals surface area contributed by atoms with Gasteiger partial charge in [0.1, 0.15) is 6.61 Å². The van der Waals surface area contributed by atoms with Crippen LogP contribution in [0.4, 0.5) is 5.69 Å². The highest BCUT2D eigenvalue weighted by atomic mass is 16.6. The lowest BCUT2D eigenvalue weighted by Gasteiger charge is -2.27. The van der Waals surface area contributed by atoms with Crippen LogP contribution in [0.1, 0.15) is 23.1 Å². The summed E-state index contributed by atoms with van der Waals surface area (Å²) in [5, 5.41) is 4.07. The third kappa shape index (κ3) is 3.43. The SMILES string of the molecule is CN1CCCc2cc(C=NOCc3ccccc3)ccc21. The fraction of sp³-hybridized carbons (Fsp3) is 0.278. The van der Waals surface area contributed by atoms with Gasteiger partial charge in [0.25, 0.3) is 0 Å². The highest BCUT2D eigenvalue weighted by Gasteiger charge is 2.12. The Bertz CT molecular complexity index is 622. The van der Waals surface area contributed by atoms with E-state index in [1.54, 1.807) is 6.21 Å². The molecule has 2 aromatic carbocycles. The predicted octanol–water partition coefficient (Wildman–Crippen LogP) is 3.62. The molecule has 1 aliphatic heterocycles. The number of anilines is 1. The first-order chi connectivity index (χ1) is 10.3. The molecule has 0 unspecified atom stereocenters. The number of fused-ring (bicyclic) bond motifs is 1. The zero-order valence-electron chi connectivity index (χ0n) is 12.3. The normalized spacial score (nSPS) is 14.2. The van der Waals surface area contributed by atoms with Crippen LogP contribution in [0.3, 0.4) is 0 Å². The molecule has 0 aromatic heterocycles. The van der Waals surface area contributed by atoms with Gasteiger partial charge in [0.2, 0.25) is 0 Å². The van der Waals surface area contributed by atoms with Crippen molar-refractivity contribution in [2.75, 3.05) is 18.5 Å². The van der Waals surface area contributed by atoms with E-state index in [2.05, 4.69) is 35.3 Å². The molecule has 0 bridgehead atoms. The quantitative estimate of drug-likeness (QED) is 0.631. The summed E-state index contributed by atoms with van der Waals surface area (Å²) in [6.07, 6.45) is 4.15. The third-order valence-corrected chi connectivity index (χ3v) is 3.80. The molecule has 1 heterocycles. The number of oxime groups is 1. The van der Waals surface area contributed by atoms with Gasteiger partial charge in [-0.1, -0.05) is 41.6 Å². The van der Waals surface area contributed by atoms with Crippen molar-refractivity contribution in [3.63, 3.8) is 0 Å². The molecule has 0 amide bonds. The largest absolute Gasteiger partial charge is 0.391 e. The fourth-order valence-corrected chi connectivity index (χ4v) is 2.67. The Morgan fingerprint density at radius 1 is 1.19 bits per heavy atom. The number of benzene rings is 2. The van der Waals surface area contributed by atoms with Crippen molar-refractivity contribution in [2.24, 2.45) is 5.16 Å². The third-order valence-electron chi connectivity index (χ3n) is 3.80. The van der Waals surface area contributed by atoms with Crippen molar-refractivity contribution in [3.8, 4) is 0 Å². The summed E-state index contributed by atoms with van der Waals surface area (Å²) in [5.41, 5.74) is 4.96. The van der Waals surface area contributed by atoms with Gasteiger partial charge in [0, 0.05) is 19.3 Å². The van der Waals surface area contributed by atoms with Crippen LogP contribution in [0.2, 0.25) is 0 Å². The molecule has 108 valence electrons. The second-order valence-electron chi connectivity index (χ2n) is 5.41. The van der Waals surface area contributed by atoms with Gasteiger partial charge in [-0.15, -0.1) is 0 Å². The van der Waals surface area contributed by atoms with Crippen LogP contribution < -0.4 is 4.90 Å². The van der Waals surface area contributed by atoms with E-state index in [4.69, 9.17) is 4.84 Å². The Hall–Kier alpha value is -2.29. The number of rotatable bonds is 4. The predicted molar refractivity (Wildman–Crippen MR) is 86.9 cm³/mol. The number of aryl methyl sites for hydroxylation is 1. The summed E-state index contributed by atoms with van der Waals surface area (Å²) < 4.78 is 0. The van der Waals surface area contributed by atoms with E-state index >= 15 is 0 Å². The first kappa shape index (κ1) is 13.7. The van der Waals surface area contributed by atoms with E-state index in [9.17, 15) is 0 Å². The average molecular weight is 280 g/mol. The second-order valence-corrected chi connectivity index (χ2v) is 5.41. The molecule has 3 rings (SSSR count). The van der Waals surface area contributed by atoms with Crippen LogP contribution in [-0.4, -0.2) is 19.8 Å². The van der Waals surface area contributed by atoms with Gasteiger partial charge in [0.15, 0.2) is 0 Å². The molecule has 2 aromatic rings. The Kier molecular flexibility index (Phi) is 4.20. The Morgan fingerprint density at radius 2 is 2.05 bits per heavy atom. The first-order valence-corrected chi connectivity index (χ1v) is 7.36. The maximum atomic E-state index is 5.35. The van der Waals surface area contributed by atoms with E-state index < -0.39 is 0 Å². The molecule has 0 aliphatic carbocycles. The summed E-state index contributed by atoms with van der Waals surface area (Å²) in [6.45, 7) is 1.64. The molecule has 21 heavy (non-hydrogen) atoms. The van der Waals surface area contributed by atoms with Gasteiger partial charge in [-0.3, -0.25) is 0 Å². The van der Waals surface area contributed by atoms with Crippen LogP contribution >= 0.6 is 0 Å². The minimum Gasteiger partial charge on any atom is -0.391 e. The molecule has 0 N–H and O–H groups in total. The van der Waals surface area contributed by atoms with Crippen molar-refractivity contribution >= 4 is 11.9 Å². The van der Waals surface area contributed by atoms with Crippen molar-refractivity contribution in [1.82, 2.24) is 0 Å². The molecule has 0 atom stereocenters. The van der Waals surface area contributed by atoms with Crippen molar-refractivity contribution in [1.29, 1.82) is 0 Å². The molecule has 0 spiro atoms. The summed E-state index contributed by atoms with van der Waals surface area (Å²) >= 11 is 0. The van der Waals surface area contributed by atoms with E-state index in [1.807, 2.05) is 30.3 Å². The van der Waals surface area contributed by atoms with Crippen LogP contribution in [0.5, 0.6) is 0 Å². The van der Waals surface area contributed by atoms with E-state index in [1.165, 1.54) is 17.7 Å². The minimum atomic E-state index is 0.505. The second kappa shape index (κ2) is 6.44. The lowest BCUT2D eigenvalue weighted by molar-refractivity contribution is 0.132. The Labute approximate surface area is 125 Å². The van der Waals surface area contributed by atoms with Crippen LogP contribution in [-0.2, 0) is 17.9 Å². The van der Waals surface area contributed by atoms with Crippen molar-refractivity contribution in [2.45, 2.75) is 19.4 Å². The maximum absolute atomic E-state index is 5.35. The molecule has 3 nitrogen and oxygen atoms in total. The molecule has 0 saturated carbocycles. The highest BCUT2D eigenvalue weighted by Crippen LogP contribution is 2.26. The number of nitrogens with zero attached hydrogens (tertiary/aromatic N) is 2. The van der Waals surface area contributed by atoms with Gasteiger partial charge < -0.3 is 9.74 Å². The van der Waals surface area contributed by atoms with Crippen molar-refractivity contribution in [3.05, 3.63) is 65.2 Å². The molecular weight excluding hydrogens is 260 g/mol. The van der Waals surface area contributed by atoms with Gasteiger partial charge in [-0.25, -0.2) is 0 Å². The Morgan fingerprint density at radius 3 is 2.90 bits per heavy atom. The monoisotopic (exact) mass is 280 g/mol. The van der Waals surface area contributed by atoms with E-state index in [0.717, 1.165) is 24.1 Å². The standard InChI is InChI=1S/C18H20N2O/c1-20-11-5-8-17-12-16(9-10-18(17)20)13-19-21-14-15-6-3-2-4-7-15/h2-4,6-7,9-10,12-13H,5,8,11,14H2,1H3. The average Bonchev–Trinajstić information content (AvgIpc) is 2.53. The molecule has 0 radical (unpaired) electrons. The van der Waals surface area contributed by atoms with E-state index in [-0.39, 0.29) is 0 Å². The minimum absolute atomic E-state index is 0.505. The smallest absolute Gasteiger partial charge is 0.142 e. The van der Waals surface area contributed by atoms with Gasteiger partial charge in [-0.05, 0) is 41.7 Å². The van der Waals surface area contributed by atoms with Gasteiger partial charge in [0.05, 0.1) is 6.21 Å².